The fourth-order valence-electron chi connectivity index (χ4n) is 3.75. The molecule has 1 aliphatic heterocycles. The van der Waals surface area contributed by atoms with Crippen molar-refractivity contribution in [3.8, 4) is 11.3 Å². The Kier molecular flexibility index (Phi) is 5.41. The first-order valence-corrected chi connectivity index (χ1v) is 9.71. The molecule has 2 aliphatic rings. The molecule has 0 spiro atoms. The first-order valence-electron chi connectivity index (χ1n) is 9.71. The van der Waals surface area contributed by atoms with E-state index in [2.05, 4.69) is 19.9 Å². The molecule has 26 heavy (non-hydrogen) atoms. The average Bonchev–Trinajstić information content (AvgIpc) is 2.66. The Labute approximate surface area is 154 Å². The second-order valence-corrected chi connectivity index (χ2v) is 7.46. The molecule has 0 N–H and O–H groups in total. The van der Waals surface area contributed by atoms with Crippen LogP contribution in [0.2, 0.25) is 0 Å². The van der Waals surface area contributed by atoms with E-state index in [1.54, 1.807) is 29.2 Å². The molecule has 4 rings (SSSR count). The van der Waals surface area contributed by atoms with Crippen LogP contribution in [-0.2, 0) is 6.54 Å². The minimum absolute atomic E-state index is 0.0405. The third-order valence-corrected chi connectivity index (χ3v) is 5.66. The van der Waals surface area contributed by atoms with Gasteiger partial charge in [-0.25, -0.2) is 4.68 Å². The van der Waals surface area contributed by atoms with Gasteiger partial charge < -0.3 is 4.90 Å². The van der Waals surface area contributed by atoms with Crippen LogP contribution in [-0.4, -0.2) is 63.8 Å². The smallest absolute Gasteiger partial charge is 0.266 e. The highest BCUT2D eigenvalue weighted by Crippen LogP contribution is 2.27. The van der Waals surface area contributed by atoms with Gasteiger partial charge in [-0.1, -0.05) is 6.42 Å². The van der Waals surface area contributed by atoms with E-state index in [-0.39, 0.29) is 5.56 Å². The second-order valence-electron chi connectivity index (χ2n) is 7.46. The number of nitrogens with zero attached hydrogens (tertiary/aromatic N) is 5. The summed E-state index contributed by atoms with van der Waals surface area (Å²) in [7, 11) is 0. The predicted octanol–water partition coefficient (Wildman–Crippen LogP) is 1.72. The van der Waals surface area contributed by atoms with Gasteiger partial charge in [-0.2, -0.15) is 5.10 Å². The minimum Gasteiger partial charge on any atom is -0.301 e. The molecule has 2 aromatic heterocycles. The highest BCUT2D eigenvalue weighted by Gasteiger charge is 2.23. The van der Waals surface area contributed by atoms with Crippen LogP contribution in [0.25, 0.3) is 11.3 Å². The highest BCUT2D eigenvalue weighted by molar-refractivity contribution is 5.56. The molecule has 6 heteroatoms. The van der Waals surface area contributed by atoms with Crippen molar-refractivity contribution in [2.24, 2.45) is 5.92 Å². The number of hydrogen-bond donors (Lipinski definition) is 0. The van der Waals surface area contributed by atoms with Gasteiger partial charge in [0, 0.05) is 63.3 Å². The molecule has 0 atom stereocenters. The van der Waals surface area contributed by atoms with E-state index in [1.165, 1.54) is 25.8 Å². The lowest BCUT2D eigenvalue weighted by molar-refractivity contribution is 0.0976. The van der Waals surface area contributed by atoms with Gasteiger partial charge in [0.05, 0.1) is 12.2 Å². The first-order chi connectivity index (χ1) is 12.8. The van der Waals surface area contributed by atoms with Crippen LogP contribution in [0, 0.1) is 5.92 Å². The predicted molar refractivity (Wildman–Crippen MR) is 102 cm³/mol. The van der Waals surface area contributed by atoms with Crippen molar-refractivity contribution < 1.29 is 0 Å². The molecular weight excluding hydrogens is 326 g/mol. The van der Waals surface area contributed by atoms with Crippen molar-refractivity contribution in [2.45, 2.75) is 25.8 Å². The Morgan fingerprint density at radius 1 is 1.00 bits per heavy atom. The normalized spacial score (nSPS) is 19.4. The molecule has 0 amide bonds. The van der Waals surface area contributed by atoms with E-state index < -0.39 is 0 Å². The maximum absolute atomic E-state index is 12.1. The fraction of sp³-hybridized carbons (Fsp3) is 0.550. The van der Waals surface area contributed by atoms with Crippen molar-refractivity contribution >= 4 is 0 Å². The maximum atomic E-state index is 12.1. The standard InChI is InChI=1S/C20H27N5O/c26-20-7-6-19(18-5-2-8-21-15-18)22-25(20)14-13-23-9-11-24(12-10-23)16-17-3-1-4-17/h2,5-8,15,17H,1,3-4,9-14,16H2. The van der Waals surface area contributed by atoms with Crippen LogP contribution < -0.4 is 5.56 Å². The molecule has 3 heterocycles. The molecule has 2 aromatic rings. The van der Waals surface area contributed by atoms with Crippen LogP contribution in [0.3, 0.4) is 0 Å². The first kappa shape index (κ1) is 17.4. The summed E-state index contributed by atoms with van der Waals surface area (Å²) in [4.78, 5) is 21.3. The largest absolute Gasteiger partial charge is 0.301 e. The summed E-state index contributed by atoms with van der Waals surface area (Å²) in [5.41, 5.74) is 1.69. The summed E-state index contributed by atoms with van der Waals surface area (Å²) in [6.07, 6.45) is 7.78. The average molecular weight is 353 g/mol. The Morgan fingerprint density at radius 2 is 1.81 bits per heavy atom. The van der Waals surface area contributed by atoms with Crippen LogP contribution in [0.1, 0.15) is 19.3 Å². The summed E-state index contributed by atoms with van der Waals surface area (Å²) < 4.78 is 1.59. The lowest BCUT2D eigenvalue weighted by Gasteiger charge is -2.38. The van der Waals surface area contributed by atoms with Gasteiger partial charge in [0.15, 0.2) is 0 Å². The Bertz CT molecular complexity index is 763. The zero-order valence-electron chi connectivity index (χ0n) is 15.3. The van der Waals surface area contributed by atoms with Gasteiger partial charge in [0.2, 0.25) is 0 Å². The van der Waals surface area contributed by atoms with Crippen molar-refractivity contribution in [3.63, 3.8) is 0 Å². The Hall–Kier alpha value is -2.05. The van der Waals surface area contributed by atoms with Gasteiger partial charge >= 0.3 is 0 Å². The summed E-state index contributed by atoms with van der Waals surface area (Å²) >= 11 is 0. The maximum Gasteiger partial charge on any atom is 0.266 e. The SMILES string of the molecule is O=c1ccc(-c2cccnc2)nn1CCN1CCN(CC2CCC2)CC1. The van der Waals surface area contributed by atoms with Crippen molar-refractivity contribution in [2.75, 3.05) is 39.3 Å². The van der Waals surface area contributed by atoms with E-state index in [4.69, 9.17) is 0 Å². The zero-order chi connectivity index (χ0) is 17.8. The minimum atomic E-state index is -0.0405. The molecular formula is C20H27N5O. The van der Waals surface area contributed by atoms with Crippen LogP contribution >= 0.6 is 0 Å². The number of rotatable bonds is 6. The molecule has 0 bridgehead atoms. The summed E-state index contributed by atoms with van der Waals surface area (Å²) in [6.45, 7) is 7.26. The summed E-state index contributed by atoms with van der Waals surface area (Å²) in [6, 6.07) is 7.22. The molecule has 0 aromatic carbocycles. The number of aromatic nitrogens is 3. The molecule has 138 valence electrons. The van der Waals surface area contributed by atoms with Crippen molar-refractivity contribution in [3.05, 3.63) is 47.0 Å². The molecule has 2 fully saturated rings. The third kappa shape index (κ3) is 4.19. The summed E-state index contributed by atoms with van der Waals surface area (Å²) in [5.74, 6) is 0.944. The van der Waals surface area contributed by atoms with E-state index in [0.29, 0.717) is 6.54 Å². The molecule has 0 unspecified atom stereocenters. The fourth-order valence-corrected chi connectivity index (χ4v) is 3.75. The van der Waals surface area contributed by atoms with Crippen LogP contribution in [0.15, 0.2) is 41.5 Å². The van der Waals surface area contributed by atoms with Gasteiger partial charge in [-0.3, -0.25) is 14.7 Å². The Balaban J connectivity index is 1.31. The number of pyridine rings is 1. The zero-order valence-corrected chi connectivity index (χ0v) is 15.3. The van der Waals surface area contributed by atoms with Crippen molar-refractivity contribution in [1.82, 2.24) is 24.6 Å². The summed E-state index contributed by atoms with van der Waals surface area (Å²) in [5, 5.41) is 4.53. The molecule has 1 aliphatic carbocycles. The second kappa shape index (κ2) is 8.10. The van der Waals surface area contributed by atoms with Gasteiger partial charge in [-0.15, -0.1) is 0 Å². The number of piperazine rings is 1. The van der Waals surface area contributed by atoms with Crippen molar-refractivity contribution in [1.29, 1.82) is 0 Å². The molecule has 0 radical (unpaired) electrons. The number of hydrogen-bond acceptors (Lipinski definition) is 5. The van der Waals surface area contributed by atoms with E-state index >= 15 is 0 Å². The topological polar surface area (TPSA) is 54.3 Å². The monoisotopic (exact) mass is 353 g/mol. The van der Waals surface area contributed by atoms with Gasteiger partial charge in [0.25, 0.3) is 5.56 Å². The van der Waals surface area contributed by atoms with Gasteiger partial charge in [0.1, 0.15) is 0 Å². The lowest BCUT2D eigenvalue weighted by atomic mass is 9.85. The highest BCUT2D eigenvalue weighted by atomic mass is 16.1. The molecule has 6 nitrogen and oxygen atoms in total. The van der Waals surface area contributed by atoms with E-state index in [1.807, 2.05) is 12.1 Å². The Morgan fingerprint density at radius 3 is 2.50 bits per heavy atom. The molecule has 1 saturated carbocycles. The lowest BCUT2D eigenvalue weighted by Crippen LogP contribution is -2.49. The van der Waals surface area contributed by atoms with Gasteiger partial charge in [-0.05, 0) is 37.0 Å². The van der Waals surface area contributed by atoms with Crippen LogP contribution in [0.4, 0.5) is 0 Å². The molecule has 1 saturated heterocycles. The van der Waals surface area contributed by atoms with E-state index in [9.17, 15) is 4.79 Å². The van der Waals surface area contributed by atoms with Crippen LogP contribution in [0.5, 0.6) is 0 Å². The van der Waals surface area contributed by atoms with E-state index in [0.717, 1.165) is 49.9 Å². The quantitative estimate of drug-likeness (QED) is 0.792. The third-order valence-electron chi connectivity index (χ3n) is 5.66.